The van der Waals surface area contributed by atoms with Gasteiger partial charge < -0.3 is 0 Å². The average molecular weight is 332 g/mol. The molecule has 19 heavy (non-hydrogen) atoms. The summed E-state index contributed by atoms with van der Waals surface area (Å²) in [6, 6.07) is 0.871. The van der Waals surface area contributed by atoms with Crippen LogP contribution in [-0.4, -0.2) is 29.4 Å². The molecule has 0 N–H and O–H groups in total. The topological polar surface area (TPSA) is 3.24 Å². The predicted octanol–water partition coefficient (Wildman–Crippen LogP) is 5.48. The minimum atomic E-state index is 0.486. The molecule has 1 saturated carbocycles. The van der Waals surface area contributed by atoms with Crippen molar-refractivity contribution in [2.75, 3.05) is 18.4 Å². The van der Waals surface area contributed by atoms with Crippen molar-refractivity contribution in [2.45, 2.75) is 78.7 Å². The third-order valence-electron chi connectivity index (χ3n) is 5.16. The lowest BCUT2D eigenvalue weighted by molar-refractivity contribution is 0.111. The van der Waals surface area contributed by atoms with Gasteiger partial charge in [-0.3, -0.25) is 4.90 Å². The van der Waals surface area contributed by atoms with Gasteiger partial charge in [0, 0.05) is 17.9 Å². The maximum absolute atomic E-state index is 3.78. The Morgan fingerprint density at radius 1 is 1.16 bits per heavy atom. The fraction of sp³-hybridized carbons (Fsp3) is 1.00. The Balaban J connectivity index is 2.65. The molecule has 0 aromatic heterocycles. The smallest absolute Gasteiger partial charge is 0.01000 e. The molecule has 0 saturated heterocycles. The molecule has 2 heteroatoms. The van der Waals surface area contributed by atoms with Gasteiger partial charge in [-0.15, -0.1) is 0 Å². The van der Waals surface area contributed by atoms with Crippen molar-refractivity contribution in [1.29, 1.82) is 0 Å². The van der Waals surface area contributed by atoms with E-state index in [2.05, 4.69) is 48.5 Å². The van der Waals surface area contributed by atoms with Gasteiger partial charge in [-0.05, 0) is 50.0 Å². The van der Waals surface area contributed by atoms with Crippen LogP contribution in [0.3, 0.4) is 0 Å². The van der Waals surface area contributed by atoms with Crippen LogP contribution >= 0.6 is 15.9 Å². The highest BCUT2D eigenvalue weighted by Crippen LogP contribution is 2.33. The molecule has 1 nitrogen and oxygen atoms in total. The molecular weight excluding hydrogens is 298 g/mol. The Labute approximate surface area is 129 Å². The van der Waals surface area contributed by atoms with Crippen molar-refractivity contribution in [3.8, 4) is 0 Å². The van der Waals surface area contributed by atoms with Crippen LogP contribution < -0.4 is 0 Å². The average Bonchev–Trinajstić information content (AvgIpc) is 2.94. The lowest BCUT2D eigenvalue weighted by Crippen LogP contribution is -2.44. The zero-order chi connectivity index (χ0) is 14.3. The molecule has 0 spiro atoms. The van der Waals surface area contributed by atoms with Crippen molar-refractivity contribution >= 4 is 15.9 Å². The van der Waals surface area contributed by atoms with E-state index in [1.807, 2.05) is 0 Å². The van der Waals surface area contributed by atoms with Crippen LogP contribution in [0.2, 0.25) is 0 Å². The Bertz CT molecular complexity index is 221. The maximum atomic E-state index is 3.78. The fourth-order valence-corrected chi connectivity index (χ4v) is 4.19. The Morgan fingerprint density at radius 2 is 1.74 bits per heavy atom. The summed E-state index contributed by atoms with van der Waals surface area (Å²) in [6.45, 7) is 12.0. The summed E-state index contributed by atoms with van der Waals surface area (Å²) in [5.41, 5.74) is 0.486. The van der Waals surface area contributed by atoms with Crippen LogP contribution in [0.4, 0.5) is 0 Å². The van der Waals surface area contributed by atoms with Crippen LogP contribution in [0.1, 0.15) is 72.6 Å². The van der Waals surface area contributed by atoms with Crippen molar-refractivity contribution in [2.24, 2.45) is 11.3 Å². The summed E-state index contributed by atoms with van der Waals surface area (Å²) in [5, 5.41) is 1.15. The zero-order valence-corrected chi connectivity index (χ0v) is 15.1. The van der Waals surface area contributed by atoms with Crippen molar-refractivity contribution in [3.05, 3.63) is 0 Å². The van der Waals surface area contributed by atoms with E-state index in [0.29, 0.717) is 5.41 Å². The first-order valence-electron chi connectivity index (χ1n) is 8.37. The number of rotatable bonds is 9. The predicted molar refractivity (Wildman–Crippen MR) is 90.1 cm³/mol. The monoisotopic (exact) mass is 331 g/mol. The SMILES string of the molecule is CCC(CC)(CBr)CN(CCC(C)C)C1CCCC1. The molecule has 1 aliphatic carbocycles. The molecule has 1 aliphatic rings. The second-order valence-corrected chi connectivity index (χ2v) is 7.49. The largest absolute Gasteiger partial charge is 0.300 e. The Morgan fingerprint density at radius 3 is 2.16 bits per heavy atom. The molecule has 0 aliphatic heterocycles. The molecule has 0 bridgehead atoms. The number of halogens is 1. The van der Waals surface area contributed by atoms with Gasteiger partial charge in [0.15, 0.2) is 0 Å². The first-order valence-corrected chi connectivity index (χ1v) is 9.49. The highest BCUT2D eigenvalue weighted by molar-refractivity contribution is 9.09. The van der Waals surface area contributed by atoms with Gasteiger partial charge in [0.25, 0.3) is 0 Å². The van der Waals surface area contributed by atoms with Crippen molar-refractivity contribution in [1.82, 2.24) is 4.90 Å². The molecule has 0 aromatic rings. The second-order valence-electron chi connectivity index (χ2n) is 6.93. The second kappa shape index (κ2) is 8.67. The first-order chi connectivity index (χ1) is 9.06. The molecule has 1 fully saturated rings. The Kier molecular flexibility index (Phi) is 7.98. The molecule has 0 atom stereocenters. The van der Waals surface area contributed by atoms with E-state index < -0.39 is 0 Å². The molecule has 114 valence electrons. The molecule has 0 aromatic carbocycles. The highest BCUT2D eigenvalue weighted by Gasteiger charge is 2.31. The van der Waals surface area contributed by atoms with Gasteiger partial charge >= 0.3 is 0 Å². The Hall–Kier alpha value is 0.440. The van der Waals surface area contributed by atoms with Gasteiger partial charge in [0.2, 0.25) is 0 Å². The number of alkyl halides is 1. The molecule has 0 radical (unpaired) electrons. The highest BCUT2D eigenvalue weighted by atomic mass is 79.9. The van der Waals surface area contributed by atoms with E-state index in [1.54, 1.807) is 0 Å². The molecule has 0 amide bonds. The first kappa shape index (κ1) is 17.5. The molecular formula is C17H34BrN. The van der Waals surface area contributed by atoms with Crippen LogP contribution in [0.15, 0.2) is 0 Å². The summed E-state index contributed by atoms with van der Waals surface area (Å²) < 4.78 is 0. The van der Waals surface area contributed by atoms with E-state index in [0.717, 1.165) is 17.3 Å². The van der Waals surface area contributed by atoms with Crippen molar-refractivity contribution in [3.63, 3.8) is 0 Å². The van der Waals surface area contributed by atoms with Gasteiger partial charge in [-0.2, -0.15) is 0 Å². The van der Waals surface area contributed by atoms with Gasteiger partial charge in [-0.1, -0.05) is 56.5 Å². The summed E-state index contributed by atoms with van der Waals surface area (Å²) in [5.74, 6) is 0.825. The third-order valence-corrected chi connectivity index (χ3v) is 6.35. The van der Waals surface area contributed by atoms with Crippen LogP contribution in [-0.2, 0) is 0 Å². The summed E-state index contributed by atoms with van der Waals surface area (Å²) in [6.07, 6.45) is 9.69. The summed E-state index contributed by atoms with van der Waals surface area (Å²) in [4.78, 5) is 2.83. The van der Waals surface area contributed by atoms with E-state index in [9.17, 15) is 0 Å². The van der Waals surface area contributed by atoms with Crippen LogP contribution in [0.5, 0.6) is 0 Å². The van der Waals surface area contributed by atoms with E-state index in [1.165, 1.54) is 58.0 Å². The van der Waals surface area contributed by atoms with Gasteiger partial charge in [0.05, 0.1) is 0 Å². The van der Waals surface area contributed by atoms with E-state index >= 15 is 0 Å². The fourth-order valence-electron chi connectivity index (χ4n) is 3.22. The summed E-state index contributed by atoms with van der Waals surface area (Å²) in [7, 11) is 0. The molecule has 0 heterocycles. The van der Waals surface area contributed by atoms with Gasteiger partial charge in [0.1, 0.15) is 0 Å². The molecule has 0 unspecified atom stereocenters. The summed E-state index contributed by atoms with van der Waals surface area (Å²) >= 11 is 3.78. The number of nitrogens with zero attached hydrogens (tertiary/aromatic N) is 1. The lowest BCUT2D eigenvalue weighted by atomic mass is 9.83. The molecule has 1 rings (SSSR count). The van der Waals surface area contributed by atoms with Gasteiger partial charge in [-0.25, -0.2) is 0 Å². The van der Waals surface area contributed by atoms with E-state index in [-0.39, 0.29) is 0 Å². The minimum absolute atomic E-state index is 0.486. The minimum Gasteiger partial charge on any atom is -0.300 e. The van der Waals surface area contributed by atoms with Crippen LogP contribution in [0.25, 0.3) is 0 Å². The van der Waals surface area contributed by atoms with Crippen LogP contribution in [0, 0.1) is 11.3 Å². The standard InChI is InChI=1S/C17H34BrN/c1-5-17(6-2,13-18)14-19(12-11-15(3)4)16-9-7-8-10-16/h15-16H,5-14H2,1-4H3. The maximum Gasteiger partial charge on any atom is 0.01000 e. The zero-order valence-electron chi connectivity index (χ0n) is 13.6. The normalized spacial score (nSPS) is 17.8. The lowest BCUT2D eigenvalue weighted by Gasteiger charge is -2.39. The third kappa shape index (κ3) is 5.38. The quantitative estimate of drug-likeness (QED) is 0.506. The van der Waals surface area contributed by atoms with E-state index in [4.69, 9.17) is 0 Å². The number of hydrogen-bond acceptors (Lipinski definition) is 1. The van der Waals surface area contributed by atoms with Crippen molar-refractivity contribution < 1.29 is 0 Å². The number of hydrogen-bond donors (Lipinski definition) is 0.